The maximum Gasteiger partial charge on any atom is 0.433 e. The van der Waals surface area contributed by atoms with E-state index in [4.69, 9.17) is 4.74 Å². The van der Waals surface area contributed by atoms with E-state index in [1.807, 2.05) is 32.9 Å². The van der Waals surface area contributed by atoms with Gasteiger partial charge in [0.25, 0.3) is 5.91 Å². The Kier molecular flexibility index (Phi) is 7.58. The highest BCUT2D eigenvalue weighted by Gasteiger charge is 2.34. The minimum absolute atomic E-state index is 0.00520. The number of alkyl halides is 3. The lowest BCUT2D eigenvalue weighted by Gasteiger charge is -2.32. The molecule has 0 saturated heterocycles. The molecule has 1 N–H and O–H groups in total. The normalized spacial score (nSPS) is 15.5. The van der Waals surface area contributed by atoms with Crippen LogP contribution in [0.2, 0.25) is 0 Å². The molecule has 1 aromatic carbocycles. The lowest BCUT2D eigenvalue weighted by molar-refractivity contribution is -0.141. The van der Waals surface area contributed by atoms with Crippen LogP contribution < -0.4 is 10.2 Å². The van der Waals surface area contributed by atoms with Gasteiger partial charge in [-0.05, 0) is 74.2 Å². The van der Waals surface area contributed by atoms with Gasteiger partial charge < -0.3 is 10.1 Å². The Balaban J connectivity index is 1.62. The molecule has 0 bridgehead atoms. The minimum atomic E-state index is -4.65. The van der Waals surface area contributed by atoms with E-state index in [1.165, 1.54) is 6.07 Å². The predicted molar refractivity (Wildman–Crippen MR) is 133 cm³/mol. The number of nitrogens with one attached hydrogen (secondary N) is 1. The fourth-order valence-electron chi connectivity index (χ4n) is 4.36. The van der Waals surface area contributed by atoms with Crippen LogP contribution >= 0.6 is 0 Å². The number of carbonyl (C=O) groups excluding carboxylic acids is 2. The summed E-state index contributed by atoms with van der Waals surface area (Å²) in [5.41, 5.74) is 2.60. The van der Waals surface area contributed by atoms with Crippen molar-refractivity contribution in [2.45, 2.75) is 33.4 Å². The van der Waals surface area contributed by atoms with Crippen LogP contribution in [0, 0.1) is 12.8 Å². The molecule has 0 saturated carbocycles. The number of hydrogen-bond acceptors (Lipinski definition) is 5. The predicted octanol–water partition coefficient (Wildman–Crippen LogP) is 5.28. The summed E-state index contributed by atoms with van der Waals surface area (Å²) in [4.78, 5) is 35.1. The lowest BCUT2D eigenvalue weighted by Crippen LogP contribution is -2.43. The second kappa shape index (κ2) is 10.7. The van der Waals surface area contributed by atoms with Crippen LogP contribution in [0.1, 0.15) is 41.0 Å². The Labute approximate surface area is 212 Å². The molecule has 3 heterocycles. The van der Waals surface area contributed by atoms with Gasteiger partial charge in [0.05, 0.1) is 12.5 Å². The third-order valence-corrected chi connectivity index (χ3v) is 6.24. The van der Waals surface area contributed by atoms with Gasteiger partial charge in [0.2, 0.25) is 5.91 Å². The first-order chi connectivity index (χ1) is 17.6. The van der Waals surface area contributed by atoms with E-state index in [0.29, 0.717) is 37.7 Å². The monoisotopic (exact) mass is 512 g/mol. The molecule has 0 radical (unpaired) electrons. The molecule has 2 aromatic heterocycles. The number of anilines is 2. The van der Waals surface area contributed by atoms with E-state index in [-0.39, 0.29) is 17.4 Å². The molecule has 7 nitrogen and oxygen atoms in total. The molecule has 0 spiro atoms. The first-order valence-corrected chi connectivity index (χ1v) is 12.0. The van der Waals surface area contributed by atoms with E-state index in [9.17, 15) is 22.8 Å². The second-order valence-corrected chi connectivity index (χ2v) is 8.76. The van der Waals surface area contributed by atoms with Crippen LogP contribution in [-0.2, 0) is 22.1 Å². The van der Waals surface area contributed by atoms with E-state index in [2.05, 4.69) is 15.3 Å². The van der Waals surface area contributed by atoms with E-state index in [1.54, 1.807) is 23.2 Å². The Morgan fingerprint density at radius 3 is 2.65 bits per heavy atom. The molecule has 1 aliphatic rings. The first-order valence-electron chi connectivity index (χ1n) is 12.0. The fourth-order valence-corrected chi connectivity index (χ4v) is 4.36. The lowest BCUT2D eigenvalue weighted by atomic mass is 9.91. The average Bonchev–Trinajstić information content (AvgIpc) is 2.88. The Hall–Kier alpha value is -3.79. The summed E-state index contributed by atoms with van der Waals surface area (Å²) in [6.45, 7) is 7.05. The summed E-state index contributed by atoms with van der Waals surface area (Å²) in [6, 6.07) is 9.19. The van der Waals surface area contributed by atoms with Crippen molar-refractivity contribution < 1.29 is 27.5 Å². The minimum Gasteiger partial charge on any atom is -0.381 e. The molecular weight excluding hydrogens is 485 g/mol. The molecular formula is C27H27F3N4O3. The first kappa shape index (κ1) is 26.3. The number of fused-ring (bicyclic) bond motifs is 1. The maximum atomic E-state index is 13.0. The van der Waals surface area contributed by atoms with Crippen molar-refractivity contribution in [3.8, 4) is 11.1 Å². The van der Waals surface area contributed by atoms with E-state index < -0.39 is 17.8 Å². The number of benzene rings is 1. The molecule has 1 aliphatic heterocycles. The van der Waals surface area contributed by atoms with Crippen LogP contribution in [0.15, 0.2) is 48.8 Å². The number of aryl methyl sites for hydroxylation is 1. The molecule has 10 heteroatoms. The summed E-state index contributed by atoms with van der Waals surface area (Å²) in [7, 11) is 0. The fraction of sp³-hybridized carbons (Fsp3) is 0.333. The highest BCUT2D eigenvalue weighted by Crippen LogP contribution is 2.34. The molecule has 1 unspecified atom stereocenters. The second-order valence-electron chi connectivity index (χ2n) is 8.76. The van der Waals surface area contributed by atoms with Gasteiger partial charge in [0.1, 0.15) is 11.5 Å². The zero-order chi connectivity index (χ0) is 26.7. The highest BCUT2D eigenvalue weighted by atomic mass is 19.4. The van der Waals surface area contributed by atoms with Crippen molar-refractivity contribution in [2.75, 3.05) is 30.0 Å². The Morgan fingerprint density at radius 1 is 1.16 bits per heavy atom. The van der Waals surface area contributed by atoms with Crippen molar-refractivity contribution in [3.63, 3.8) is 0 Å². The largest absolute Gasteiger partial charge is 0.433 e. The van der Waals surface area contributed by atoms with Crippen molar-refractivity contribution in [1.82, 2.24) is 9.97 Å². The zero-order valence-electron chi connectivity index (χ0n) is 20.7. The standard InChI is InChI=1S/C27H27F3N4O3/c1-4-34-24-18(11-20(26(34)36)15-37-5-2)10-19(14-32-24)22-13-21(7-6-16(22)3)33-25(35)17-8-9-31-23(12-17)27(28,29)30/h6-10,12-14,20H,4-5,11,15H2,1-3H3,(H,33,35). The topological polar surface area (TPSA) is 84.4 Å². The number of hydrogen-bond donors (Lipinski definition) is 1. The van der Waals surface area contributed by atoms with Crippen LogP contribution in [0.25, 0.3) is 11.1 Å². The SMILES string of the molecule is CCOCC1Cc2cc(-c3cc(NC(=O)c4ccnc(C(F)(F)F)c4)ccc3C)cnc2N(CC)C1=O. The summed E-state index contributed by atoms with van der Waals surface area (Å²) in [6.07, 6.45) is -1.50. The number of ether oxygens (including phenoxy) is 1. The number of halogens is 3. The number of pyridine rings is 2. The summed E-state index contributed by atoms with van der Waals surface area (Å²) in [5.74, 6) is -0.348. The quantitative estimate of drug-likeness (QED) is 0.465. The van der Waals surface area contributed by atoms with Crippen molar-refractivity contribution >= 4 is 23.3 Å². The van der Waals surface area contributed by atoms with E-state index >= 15 is 0 Å². The van der Waals surface area contributed by atoms with Gasteiger partial charge in [-0.3, -0.25) is 19.5 Å². The van der Waals surface area contributed by atoms with Crippen LogP contribution in [-0.4, -0.2) is 41.5 Å². The Morgan fingerprint density at radius 2 is 1.95 bits per heavy atom. The van der Waals surface area contributed by atoms with Gasteiger partial charge in [0, 0.05) is 42.4 Å². The van der Waals surface area contributed by atoms with Crippen LogP contribution in [0.5, 0.6) is 0 Å². The number of nitrogens with zero attached hydrogens (tertiary/aromatic N) is 3. The molecule has 194 valence electrons. The van der Waals surface area contributed by atoms with Gasteiger partial charge in [0.15, 0.2) is 0 Å². The van der Waals surface area contributed by atoms with Gasteiger partial charge in [-0.25, -0.2) is 4.98 Å². The molecule has 1 atom stereocenters. The Bertz CT molecular complexity index is 1330. The molecule has 2 amide bonds. The molecule has 0 aliphatic carbocycles. The van der Waals surface area contributed by atoms with Crippen LogP contribution in [0.3, 0.4) is 0 Å². The number of rotatable bonds is 7. The number of carbonyl (C=O) groups is 2. The summed E-state index contributed by atoms with van der Waals surface area (Å²) >= 11 is 0. The summed E-state index contributed by atoms with van der Waals surface area (Å²) < 4.78 is 44.5. The third kappa shape index (κ3) is 5.64. The van der Waals surface area contributed by atoms with Gasteiger partial charge in [-0.15, -0.1) is 0 Å². The van der Waals surface area contributed by atoms with Crippen molar-refractivity contribution in [2.24, 2.45) is 5.92 Å². The van der Waals surface area contributed by atoms with Gasteiger partial charge in [-0.2, -0.15) is 13.2 Å². The number of aromatic nitrogens is 2. The molecule has 37 heavy (non-hydrogen) atoms. The van der Waals surface area contributed by atoms with Crippen LogP contribution in [0.4, 0.5) is 24.7 Å². The maximum absolute atomic E-state index is 13.0. The average molecular weight is 513 g/mol. The van der Waals surface area contributed by atoms with Crippen molar-refractivity contribution in [3.05, 3.63) is 71.2 Å². The van der Waals surface area contributed by atoms with Crippen molar-refractivity contribution in [1.29, 1.82) is 0 Å². The summed E-state index contributed by atoms with van der Waals surface area (Å²) in [5, 5.41) is 2.66. The molecule has 4 rings (SSSR count). The third-order valence-electron chi connectivity index (χ3n) is 6.24. The smallest absolute Gasteiger partial charge is 0.381 e. The number of amides is 2. The molecule has 3 aromatic rings. The van der Waals surface area contributed by atoms with Gasteiger partial charge >= 0.3 is 6.18 Å². The highest BCUT2D eigenvalue weighted by molar-refractivity contribution is 6.04. The van der Waals surface area contributed by atoms with E-state index in [0.717, 1.165) is 34.5 Å². The van der Waals surface area contributed by atoms with Gasteiger partial charge in [-0.1, -0.05) is 6.07 Å². The molecule has 0 fully saturated rings. The zero-order valence-corrected chi connectivity index (χ0v) is 20.7.